The highest BCUT2D eigenvalue weighted by Crippen LogP contribution is 2.45. The van der Waals surface area contributed by atoms with Gasteiger partial charge in [0.2, 0.25) is 0 Å². The minimum atomic E-state index is -1.46. The molecule has 0 fully saturated rings. The molecule has 0 saturated heterocycles. The molecule has 0 aliphatic rings. The third-order valence-corrected chi connectivity index (χ3v) is 7.33. The van der Waals surface area contributed by atoms with Crippen molar-refractivity contribution in [2.45, 2.75) is 11.1 Å². The van der Waals surface area contributed by atoms with Gasteiger partial charge in [-0.25, -0.2) is 4.98 Å². The summed E-state index contributed by atoms with van der Waals surface area (Å²) in [5, 5.41) is 12.8. The zero-order valence-electron chi connectivity index (χ0n) is 20.9. The van der Waals surface area contributed by atoms with E-state index in [9.17, 15) is 5.11 Å². The third kappa shape index (κ3) is 3.76. The van der Waals surface area contributed by atoms with E-state index in [1.807, 2.05) is 85.2 Å². The second kappa shape index (κ2) is 9.97. The summed E-state index contributed by atoms with van der Waals surface area (Å²) in [7, 11) is 0. The highest BCUT2D eigenvalue weighted by Gasteiger charge is 2.45. The highest BCUT2D eigenvalue weighted by molar-refractivity contribution is 5.53. The Labute approximate surface area is 223 Å². The molecule has 0 unspecified atom stereocenters. The maximum atomic E-state index is 12.8. The Morgan fingerprint density at radius 3 is 1.11 bits per heavy atom. The van der Waals surface area contributed by atoms with E-state index in [1.54, 1.807) is 6.20 Å². The summed E-state index contributed by atoms with van der Waals surface area (Å²) in [5.41, 5.74) is 3.18. The molecular formula is C35H28N2O. The molecule has 0 atom stereocenters. The summed E-state index contributed by atoms with van der Waals surface area (Å²) in [6, 6.07) is 51.0. The lowest BCUT2D eigenvalue weighted by molar-refractivity contribution is 0.113. The smallest absolute Gasteiger partial charge is 0.156 e. The van der Waals surface area contributed by atoms with E-state index in [4.69, 9.17) is 0 Å². The lowest BCUT2D eigenvalue weighted by Gasteiger charge is -2.41. The number of rotatable bonds is 7. The van der Waals surface area contributed by atoms with Crippen LogP contribution in [0.3, 0.4) is 0 Å². The van der Waals surface area contributed by atoms with Crippen LogP contribution < -0.4 is 0 Å². The van der Waals surface area contributed by atoms with Crippen molar-refractivity contribution in [1.29, 1.82) is 0 Å². The van der Waals surface area contributed by atoms with Gasteiger partial charge in [0.05, 0.1) is 18.2 Å². The average molecular weight is 493 g/mol. The minimum absolute atomic E-state index is 0.673. The van der Waals surface area contributed by atoms with Gasteiger partial charge in [-0.1, -0.05) is 152 Å². The largest absolute Gasteiger partial charge is 0.374 e. The molecule has 38 heavy (non-hydrogen) atoms. The SMILES string of the molecule is OC(c1ccccc1)(c1ccccc1)c1cncn1C(c1ccccc1)(c1ccccc1)c1ccccc1. The summed E-state index contributed by atoms with van der Waals surface area (Å²) in [5.74, 6) is 0. The molecule has 3 nitrogen and oxygen atoms in total. The molecule has 0 aliphatic carbocycles. The van der Waals surface area contributed by atoms with Gasteiger partial charge in [-0.2, -0.15) is 0 Å². The number of hydrogen-bond donors (Lipinski definition) is 1. The maximum Gasteiger partial charge on any atom is 0.156 e. The van der Waals surface area contributed by atoms with E-state index >= 15 is 0 Å². The quantitative estimate of drug-likeness (QED) is 0.244. The fourth-order valence-electron chi connectivity index (χ4n) is 5.61. The van der Waals surface area contributed by atoms with Crippen molar-refractivity contribution in [2.24, 2.45) is 0 Å². The lowest BCUT2D eigenvalue weighted by Crippen LogP contribution is -2.42. The normalized spacial score (nSPS) is 11.8. The monoisotopic (exact) mass is 492 g/mol. The first-order chi connectivity index (χ1) is 18.8. The Hall–Kier alpha value is -4.73. The summed E-state index contributed by atoms with van der Waals surface area (Å²) in [6.07, 6.45) is 3.64. The van der Waals surface area contributed by atoms with Crippen LogP contribution in [0.15, 0.2) is 164 Å². The van der Waals surface area contributed by atoms with Crippen molar-refractivity contribution in [2.75, 3.05) is 0 Å². The van der Waals surface area contributed by atoms with Crippen LogP contribution in [0.2, 0.25) is 0 Å². The molecule has 0 bridgehead atoms. The van der Waals surface area contributed by atoms with Gasteiger partial charge in [0, 0.05) is 0 Å². The molecule has 1 N–H and O–H groups in total. The standard InChI is InChI=1S/C35H28N2O/c38-35(31-22-12-4-13-23-31,32-24-14-5-15-25-32)33-26-36-27-37(33)34(28-16-6-1-7-17-28,29-18-8-2-9-19-29)30-20-10-3-11-21-30/h1-27,38H. The van der Waals surface area contributed by atoms with Crippen LogP contribution in [0.5, 0.6) is 0 Å². The van der Waals surface area contributed by atoms with Crippen molar-refractivity contribution >= 4 is 0 Å². The van der Waals surface area contributed by atoms with Crippen LogP contribution in [-0.2, 0) is 11.1 Å². The second-order valence-corrected chi connectivity index (χ2v) is 9.40. The molecule has 184 valence electrons. The van der Waals surface area contributed by atoms with Crippen LogP contribution in [0.4, 0.5) is 0 Å². The molecule has 0 amide bonds. The van der Waals surface area contributed by atoms with E-state index in [0.29, 0.717) is 5.69 Å². The van der Waals surface area contributed by atoms with E-state index in [1.165, 1.54) is 0 Å². The molecule has 1 heterocycles. The second-order valence-electron chi connectivity index (χ2n) is 9.40. The van der Waals surface area contributed by atoms with Gasteiger partial charge in [-0.05, 0) is 27.8 Å². The number of aliphatic hydroxyl groups is 1. The third-order valence-electron chi connectivity index (χ3n) is 7.33. The van der Waals surface area contributed by atoms with Crippen molar-refractivity contribution in [1.82, 2.24) is 9.55 Å². The molecule has 0 radical (unpaired) electrons. The van der Waals surface area contributed by atoms with E-state index in [2.05, 4.69) is 82.3 Å². The van der Waals surface area contributed by atoms with Gasteiger partial charge in [0.25, 0.3) is 0 Å². The highest BCUT2D eigenvalue weighted by atomic mass is 16.3. The van der Waals surface area contributed by atoms with Gasteiger partial charge in [-0.15, -0.1) is 0 Å². The first-order valence-electron chi connectivity index (χ1n) is 12.8. The fourth-order valence-corrected chi connectivity index (χ4v) is 5.61. The Kier molecular flexibility index (Phi) is 6.20. The Bertz CT molecular complexity index is 1460. The summed E-state index contributed by atoms with van der Waals surface area (Å²) in [6.45, 7) is 0. The van der Waals surface area contributed by atoms with Gasteiger partial charge in [-0.3, -0.25) is 0 Å². The minimum Gasteiger partial charge on any atom is -0.374 e. The van der Waals surface area contributed by atoms with Crippen LogP contribution in [0.25, 0.3) is 0 Å². The number of imidazole rings is 1. The Balaban J connectivity index is 1.75. The van der Waals surface area contributed by atoms with Crippen molar-refractivity contribution in [3.8, 4) is 0 Å². The Morgan fingerprint density at radius 2 is 0.763 bits per heavy atom. The van der Waals surface area contributed by atoms with Crippen LogP contribution in [-0.4, -0.2) is 14.7 Å². The van der Waals surface area contributed by atoms with Crippen molar-refractivity contribution < 1.29 is 5.11 Å². The maximum absolute atomic E-state index is 12.8. The predicted octanol–water partition coefficient (Wildman–Crippen LogP) is 7.01. The molecule has 5 aromatic carbocycles. The molecule has 6 aromatic rings. The summed E-state index contributed by atoms with van der Waals surface area (Å²) >= 11 is 0. The van der Waals surface area contributed by atoms with Gasteiger partial charge < -0.3 is 9.67 Å². The molecule has 3 heteroatoms. The Morgan fingerprint density at radius 1 is 0.447 bits per heavy atom. The molecular weight excluding hydrogens is 464 g/mol. The number of nitrogens with zero attached hydrogens (tertiary/aromatic N) is 2. The van der Waals surface area contributed by atoms with Crippen LogP contribution in [0, 0.1) is 0 Å². The van der Waals surface area contributed by atoms with E-state index < -0.39 is 11.1 Å². The molecule has 1 aromatic heterocycles. The van der Waals surface area contributed by atoms with Crippen LogP contribution in [0.1, 0.15) is 33.5 Å². The predicted molar refractivity (Wildman–Crippen MR) is 152 cm³/mol. The first kappa shape index (κ1) is 23.7. The molecule has 6 rings (SSSR count). The molecule has 0 spiro atoms. The van der Waals surface area contributed by atoms with Crippen LogP contribution >= 0.6 is 0 Å². The fraction of sp³-hybridized carbons (Fsp3) is 0.0571. The van der Waals surface area contributed by atoms with E-state index in [-0.39, 0.29) is 0 Å². The zero-order chi connectivity index (χ0) is 25.8. The topological polar surface area (TPSA) is 38.1 Å². The summed E-state index contributed by atoms with van der Waals surface area (Å²) in [4.78, 5) is 4.68. The number of hydrogen-bond acceptors (Lipinski definition) is 2. The average Bonchev–Trinajstić information content (AvgIpc) is 3.51. The lowest BCUT2D eigenvalue weighted by atomic mass is 9.75. The van der Waals surface area contributed by atoms with Gasteiger partial charge in [0.1, 0.15) is 5.54 Å². The van der Waals surface area contributed by atoms with Gasteiger partial charge in [0.15, 0.2) is 5.60 Å². The van der Waals surface area contributed by atoms with E-state index in [0.717, 1.165) is 27.8 Å². The van der Waals surface area contributed by atoms with Crippen molar-refractivity contribution in [3.63, 3.8) is 0 Å². The molecule has 0 aliphatic heterocycles. The van der Waals surface area contributed by atoms with Crippen molar-refractivity contribution in [3.05, 3.63) is 198 Å². The number of benzene rings is 5. The number of aromatic nitrogens is 2. The molecule has 0 saturated carbocycles. The zero-order valence-corrected chi connectivity index (χ0v) is 20.9. The van der Waals surface area contributed by atoms with Gasteiger partial charge >= 0.3 is 0 Å². The first-order valence-corrected chi connectivity index (χ1v) is 12.8. The summed E-state index contributed by atoms with van der Waals surface area (Å²) < 4.78 is 2.15.